The maximum atomic E-state index is 12.7. The van der Waals surface area contributed by atoms with Crippen molar-refractivity contribution in [1.29, 1.82) is 0 Å². The van der Waals surface area contributed by atoms with Gasteiger partial charge < -0.3 is 0 Å². The predicted octanol–water partition coefficient (Wildman–Crippen LogP) is 3.05. The van der Waals surface area contributed by atoms with Crippen molar-refractivity contribution < 1.29 is 14.7 Å². The summed E-state index contributed by atoms with van der Waals surface area (Å²) in [5, 5.41) is 15.5. The van der Waals surface area contributed by atoms with Crippen molar-refractivity contribution >= 4 is 69.0 Å². The molecule has 9 heteroatoms. The second-order valence-electron chi connectivity index (χ2n) is 7.21. The van der Waals surface area contributed by atoms with Crippen molar-refractivity contribution in [1.82, 2.24) is 10.3 Å². The van der Waals surface area contributed by atoms with Crippen molar-refractivity contribution in [3.8, 4) is 0 Å². The summed E-state index contributed by atoms with van der Waals surface area (Å²) in [6.07, 6.45) is 0. The van der Waals surface area contributed by atoms with E-state index >= 15 is 0 Å². The van der Waals surface area contributed by atoms with Gasteiger partial charge in [0.05, 0.1) is 0 Å². The van der Waals surface area contributed by atoms with Crippen LogP contribution < -0.4 is 14.4 Å². The molecular weight excluding hydrogens is 473 g/mol. The van der Waals surface area contributed by atoms with E-state index in [0.717, 1.165) is 19.6 Å². The standard InChI is InChI=1S/C20H21AsClN3O3S/c1-11-5-4-6-13(22)16(11)24-17(27)12-7-8-14-15(9-12)29-19(23-14)21-18(28)25-20(2,3)10-26/h4-9,21,26H,10H2,1-3H3,(H,24,27)(H,25,28). The van der Waals surface area contributed by atoms with Crippen LogP contribution in [-0.2, 0) is 0 Å². The predicted molar refractivity (Wildman–Crippen MR) is 120 cm³/mol. The number of nitrogens with zero attached hydrogens (tertiary/aromatic N) is 1. The molecule has 1 atom stereocenters. The number of aromatic nitrogens is 1. The van der Waals surface area contributed by atoms with E-state index in [1.165, 1.54) is 11.3 Å². The van der Waals surface area contributed by atoms with Crippen LogP contribution >= 0.6 is 22.9 Å². The molecule has 0 radical (unpaired) electrons. The summed E-state index contributed by atoms with van der Waals surface area (Å²) in [5.41, 5.74) is 2.08. The number of para-hydroxylation sites is 1. The summed E-state index contributed by atoms with van der Waals surface area (Å²) in [4.78, 5) is 29.4. The Morgan fingerprint density at radius 2 is 2.03 bits per heavy atom. The first-order chi connectivity index (χ1) is 13.7. The second kappa shape index (κ2) is 8.84. The number of hydrogen-bond donors (Lipinski definition) is 3. The van der Waals surface area contributed by atoms with Gasteiger partial charge in [0, 0.05) is 0 Å². The van der Waals surface area contributed by atoms with Crippen LogP contribution in [-0.4, -0.2) is 48.6 Å². The number of aryl methyl sites for hydroxylation is 1. The molecule has 152 valence electrons. The molecular formula is C20H21AsClN3O3S. The van der Waals surface area contributed by atoms with Gasteiger partial charge in [-0.2, -0.15) is 0 Å². The zero-order valence-electron chi connectivity index (χ0n) is 16.2. The van der Waals surface area contributed by atoms with Crippen LogP contribution in [0.3, 0.4) is 0 Å². The fraction of sp³-hybridized carbons (Fsp3) is 0.250. The quantitative estimate of drug-likeness (QED) is 0.460. The number of amides is 2. The van der Waals surface area contributed by atoms with Gasteiger partial charge in [0.25, 0.3) is 0 Å². The summed E-state index contributed by atoms with van der Waals surface area (Å²) in [6, 6.07) is 10.7. The third-order valence-electron chi connectivity index (χ3n) is 4.18. The van der Waals surface area contributed by atoms with Gasteiger partial charge in [-0.1, -0.05) is 0 Å². The van der Waals surface area contributed by atoms with E-state index in [4.69, 9.17) is 11.6 Å². The van der Waals surface area contributed by atoms with E-state index < -0.39 is 21.3 Å². The Balaban J connectivity index is 1.77. The molecule has 1 heterocycles. The summed E-state index contributed by atoms with van der Waals surface area (Å²) in [7, 11) is 0. The number of anilines is 1. The molecule has 1 aromatic heterocycles. The molecule has 29 heavy (non-hydrogen) atoms. The number of halogens is 1. The van der Waals surface area contributed by atoms with Crippen LogP contribution in [0.25, 0.3) is 10.2 Å². The number of rotatable bonds is 6. The number of nitrogens with one attached hydrogen (secondary N) is 2. The van der Waals surface area contributed by atoms with Gasteiger partial charge in [-0.15, -0.1) is 0 Å². The Morgan fingerprint density at radius 3 is 2.72 bits per heavy atom. The number of benzene rings is 2. The maximum absolute atomic E-state index is 12.7. The summed E-state index contributed by atoms with van der Waals surface area (Å²) < 4.78 is 1.53. The van der Waals surface area contributed by atoms with Gasteiger partial charge in [-0.05, 0) is 0 Å². The Kier molecular flexibility index (Phi) is 6.64. The zero-order chi connectivity index (χ0) is 21.2. The van der Waals surface area contributed by atoms with Gasteiger partial charge in [0.2, 0.25) is 0 Å². The van der Waals surface area contributed by atoms with Gasteiger partial charge in [0.1, 0.15) is 0 Å². The van der Waals surface area contributed by atoms with Crippen LogP contribution in [0.4, 0.5) is 10.5 Å². The van der Waals surface area contributed by atoms with E-state index in [2.05, 4.69) is 15.6 Å². The van der Waals surface area contributed by atoms with E-state index in [-0.39, 0.29) is 17.2 Å². The molecule has 0 spiro atoms. The van der Waals surface area contributed by atoms with Crippen molar-refractivity contribution in [2.75, 3.05) is 11.9 Å². The molecule has 3 aromatic rings. The number of fused-ring (bicyclic) bond motifs is 1. The molecule has 6 nitrogen and oxygen atoms in total. The molecule has 0 saturated carbocycles. The first kappa shape index (κ1) is 21.8. The van der Waals surface area contributed by atoms with Gasteiger partial charge in [-0.25, -0.2) is 0 Å². The SMILES string of the molecule is Cc1cccc(Cl)c1NC(=O)c1ccc2nc([AsH]C(=O)NC(C)(C)CO)sc2c1. The first-order valence-electron chi connectivity index (χ1n) is 8.85. The number of carbonyl (C=O) groups is 2. The molecule has 0 aliphatic carbocycles. The third kappa shape index (κ3) is 5.37. The van der Waals surface area contributed by atoms with E-state index in [1.54, 1.807) is 38.1 Å². The van der Waals surface area contributed by atoms with E-state index in [9.17, 15) is 14.7 Å². The fourth-order valence-electron chi connectivity index (χ4n) is 2.57. The Labute approximate surface area is 184 Å². The number of hydrogen-bond acceptors (Lipinski definition) is 5. The minimum atomic E-state index is -1.16. The van der Waals surface area contributed by atoms with Gasteiger partial charge >= 0.3 is 185 Å². The number of carbonyl (C=O) groups excluding carboxylic acids is 2. The monoisotopic (exact) mass is 493 g/mol. The molecule has 2 aromatic carbocycles. The molecule has 3 N–H and O–H groups in total. The molecule has 3 rings (SSSR count). The average Bonchev–Trinajstić information content (AvgIpc) is 3.05. The van der Waals surface area contributed by atoms with Gasteiger partial charge in [-0.3, -0.25) is 0 Å². The van der Waals surface area contributed by atoms with Crippen LogP contribution in [0.5, 0.6) is 0 Å². The second-order valence-corrected chi connectivity index (χ2v) is 11.9. The van der Waals surface area contributed by atoms with E-state index in [0.29, 0.717) is 16.3 Å². The molecule has 0 saturated heterocycles. The first-order valence-corrected chi connectivity index (χ1v) is 12.1. The van der Waals surface area contributed by atoms with Crippen LogP contribution in [0.2, 0.25) is 5.02 Å². The van der Waals surface area contributed by atoms with Crippen LogP contribution in [0, 0.1) is 6.92 Å². The summed E-state index contributed by atoms with van der Waals surface area (Å²) in [5.74, 6) is -0.253. The fourth-order valence-corrected chi connectivity index (χ4v) is 6.76. The number of aliphatic hydroxyl groups is 1. The molecule has 1 unspecified atom stereocenters. The molecule has 0 aliphatic heterocycles. The van der Waals surface area contributed by atoms with Crippen molar-refractivity contribution in [3.05, 3.63) is 52.5 Å². The Hall–Kier alpha value is -1.92. The van der Waals surface area contributed by atoms with Crippen molar-refractivity contribution in [3.63, 3.8) is 0 Å². The molecule has 0 fully saturated rings. The summed E-state index contributed by atoms with van der Waals surface area (Å²) >= 11 is 6.46. The minimum absolute atomic E-state index is 0.0877. The van der Waals surface area contributed by atoms with Crippen molar-refractivity contribution in [2.24, 2.45) is 0 Å². The zero-order valence-corrected chi connectivity index (χ0v) is 19.8. The molecule has 0 aliphatic rings. The third-order valence-corrected chi connectivity index (χ3v) is 7.92. The summed E-state index contributed by atoms with van der Waals surface area (Å²) in [6.45, 7) is 5.28. The molecule has 0 bridgehead atoms. The normalized spacial score (nSPS) is 11.9. The number of thiazole rings is 1. The topological polar surface area (TPSA) is 91.3 Å². The average molecular weight is 494 g/mol. The van der Waals surface area contributed by atoms with Crippen LogP contribution in [0.1, 0.15) is 29.8 Å². The Bertz CT molecular complexity index is 1060. The van der Waals surface area contributed by atoms with Crippen LogP contribution in [0.15, 0.2) is 36.4 Å². The Morgan fingerprint density at radius 1 is 1.28 bits per heavy atom. The van der Waals surface area contributed by atoms with Gasteiger partial charge in [0.15, 0.2) is 0 Å². The van der Waals surface area contributed by atoms with E-state index in [1.807, 2.05) is 19.1 Å². The number of aliphatic hydroxyl groups excluding tert-OH is 1. The molecule has 2 amide bonds. The van der Waals surface area contributed by atoms with Crippen molar-refractivity contribution in [2.45, 2.75) is 26.3 Å².